The minimum Gasteiger partial charge on any atom is -0.462 e. The molecular weight excluding hydrogens is 506 g/mol. The molecule has 4 rings (SSSR count). The van der Waals surface area contributed by atoms with Gasteiger partial charge in [0, 0.05) is 18.2 Å². The molecule has 1 amide bonds. The summed E-state index contributed by atoms with van der Waals surface area (Å²) >= 11 is 0. The van der Waals surface area contributed by atoms with Crippen LogP contribution in [-0.2, 0) is 14.8 Å². The average Bonchev–Trinajstić information content (AvgIpc) is 3.42. The number of sulfonamides is 1. The summed E-state index contributed by atoms with van der Waals surface area (Å²) in [5, 5.41) is 3.93. The first kappa shape index (κ1) is 26.4. The largest absolute Gasteiger partial charge is 0.462 e. The second-order valence-electron chi connectivity index (χ2n) is 8.03. The Bertz CT molecular complexity index is 1540. The van der Waals surface area contributed by atoms with Gasteiger partial charge in [0.25, 0.3) is 15.9 Å². The summed E-state index contributed by atoms with van der Waals surface area (Å²) in [5.41, 5.74) is 4.35. The molecule has 0 saturated carbocycles. The molecule has 194 valence electrons. The first-order valence-electron chi connectivity index (χ1n) is 11.6. The number of amides is 1. The van der Waals surface area contributed by atoms with Gasteiger partial charge in [0.2, 0.25) is 0 Å². The highest BCUT2D eigenvalue weighted by molar-refractivity contribution is 7.92. The number of hydrogen-bond donors (Lipinski definition) is 1. The van der Waals surface area contributed by atoms with E-state index in [2.05, 4.69) is 10.5 Å². The third-order valence-electron chi connectivity index (χ3n) is 5.56. The summed E-state index contributed by atoms with van der Waals surface area (Å²) in [5.74, 6) is 0.125. The van der Waals surface area contributed by atoms with Crippen LogP contribution in [0.3, 0.4) is 0 Å². The summed E-state index contributed by atoms with van der Waals surface area (Å²) in [4.78, 5) is 24.4. The maximum Gasteiger partial charge on any atom is 0.338 e. The maximum absolute atomic E-state index is 12.8. The van der Waals surface area contributed by atoms with Gasteiger partial charge in [-0.05, 0) is 67.6 Å². The fourth-order valence-electron chi connectivity index (χ4n) is 3.49. The molecule has 3 aromatic carbocycles. The number of nitrogens with one attached hydrogen (secondary N) is 1. The van der Waals surface area contributed by atoms with Gasteiger partial charge < -0.3 is 9.15 Å². The van der Waals surface area contributed by atoms with Crippen molar-refractivity contribution in [3.05, 3.63) is 108 Å². The first-order valence-corrected chi connectivity index (χ1v) is 13.1. The Morgan fingerprint density at radius 3 is 2.24 bits per heavy atom. The second-order valence-corrected chi connectivity index (χ2v) is 10.0. The minimum atomic E-state index is -3.72. The molecule has 10 heteroatoms. The van der Waals surface area contributed by atoms with Crippen LogP contribution in [0, 0.1) is 0 Å². The van der Waals surface area contributed by atoms with Crippen molar-refractivity contribution in [3.8, 4) is 11.3 Å². The van der Waals surface area contributed by atoms with Gasteiger partial charge in [-0.2, -0.15) is 5.10 Å². The van der Waals surface area contributed by atoms with Gasteiger partial charge in [-0.25, -0.2) is 18.6 Å². The molecule has 4 aromatic rings. The van der Waals surface area contributed by atoms with Crippen LogP contribution in [0.1, 0.15) is 33.4 Å². The number of carbonyl (C=O) groups excluding carboxylic acids is 2. The van der Waals surface area contributed by atoms with E-state index in [1.165, 1.54) is 37.5 Å². The lowest BCUT2D eigenvalue weighted by Gasteiger charge is -2.19. The van der Waals surface area contributed by atoms with Gasteiger partial charge in [0.05, 0.1) is 29.0 Å². The highest BCUT2D eigenvalue weighted by Crippen LogP contribution is 2.23. The number of nitrogens with zero attached hydrogens (tertiary/aromatic N) is 2. The lowest BCUT2D eigenvalue weighted by atomic mass is 10.1. The van der Waals surface area contributed by atoms with Crippen molar-refractivity contribution in [3.63, 3.8) is 0 Å². The zero-order chi connectivity index (χ0) is 27.1. The lowest BCUT2D eigenvalue weighted by Crippen LogP contribution is -2.26. The summed E-state index contributed by atoms with van der Waals surface area (Å²) in [7, 11) is -2.27. The monoisotopic (exact) mass is 531 g/mol. The van der Waals surface area contributed by atoms with E-state index in [1.807, 2.05) is 0 Å². The highest BCUT2D eigenvalue weighted by Gasteiger charge is 2.21. The molecule has 1 N–H and O–H groups in total. The molecule has 0 fully saturated rings. The van der Waals surface area contributed by atoms with Crippen LogP contribution in [-0.4, -0.2) is 40.2 Å². The van der Waals surface area contributed by atoms with E-state index in [-0.39, 0.29) is 10.9 Å². The SMILES string of the molecule is CCOC(=O)c1ccc(-c2ccc(/C=N\NC(=O)c3ccc(N(C)S(=O)(=O)c4ccccc4)cc3)o2)cc1. The lowest BCUT2D eigenvalue weighted by molar-refractivity contribution is 0.0526. The number of anilines is 1. The highest BCUT2D eigenvalue weighted by atomic mass is 32.2. The van der Waals surface area contributed by atoms with Crippen molar-refractivity contribution in [2.24, 2.45) is 5.10 Å². The average molecular weight is 532 g/mol. The number of benzene rings is 3. The number of furan rings is 1. The molecule has 0 radical (unpaired) electrons. The van der Waals surface area contributed by atoms with Crippen LogP contribution in [0.25, 0.3) is 11.3 Å². The zero-order valence-corrected chi connectivity index (χ0v) is 21.5. The Morgan fingerprint density at radius 1 is 0.921 bits per heavy atom. The molecule has 0 unspecified atom stereocenters. The fraction of sp³-hybridized carbons (Fsp3) is 0.107. The summed E-state index contributed by atoms with van der Waals surface area (Å²) in [6, 6.07) is 24.5. The standard InChI is InChI=1S/C28H25N3O6S/c1-3-36-28(33)22-11-9-20(10-12-22)26-18-17-24(37-26)19-29-30-27(32)21-13-15-23(16-14-21)31(2)38(34,35)25-7-5-4-6-8-25/h4-19H,3H2,1-2H3,(H,30,32)/b29-19-. The summed E-state index contributed by atoms with van der Waals surface area (Å²) in [6.07, 6.45) is 1.36. The Hall–Kier alpha value is -4.70. The number of carbonyl (C=O) groups is 2. The van der Waals surface area contributed by atoms with Crippen LogP contribution in [0.4, 0.5) is 5.69 Å². The van der Waals surface area contributed by atoms with Crippen molar-refractivity contribution in [2.75, 3.05) is 18.0 Å². The number of esters is 1. The normalized spacial score (nSPS) is 11.3. The van der Waals surface area contributed by atoms with E-state index < -0.39 is 15.9 Å². The van der Waals surface area contributed by atoms with Crippen LogP contribution in [0.2, 0.25) is 0 Å². The van der Waals surface area contributed by atoms with E-state index in [0.717, 1.165) is 9.87 Å². The zero-order valence-electron chi connectivity index (χ0n) is 20.7. The number of rotatable bonds is 9. The molecule has 0 spiro atoms. The number of hydrazone groups is 1. The van der Waals surface area contributed by atoms with Gasteiger partial charge in [-0.15, -0.1) is 0 Å². The molecule has 38 heavy (non-hydrogen) atoms. The van der Waals surface area contributed by atoms with Gasteiger partial charge in [-0.1, -0.05) is 30.3 Å². The van der Waals surface area contributed by atoms with Crippen LogP contribution in [0.5, 0.6) is 0 Å². The predicted octanol–water partition coefficient (Wildman–Crippen LogP) is 4.71. The number of hydrogen-bond acceptors (Lipinski definition) is 7. The van der Waals surface area contributed by atoms with Crippen LogP contribution < -0.4 is 9.73 Å². The molecule has 9 nitrogen and oxygen atoms in total. The molecule has 1 aromatic heterocycles. The van der Waals surface area contributed by atoms with Gasteiger partial charge in [-0.3, -0.25) is 9.10 Å². The Balaban J connectivity index is 1.36. The van der Waals surface area contributed by atoms with E-state index in [4.69, 9.17) is 9.15 Å². The third-order valence-corrected chi connectivity index (χ3v) is 7.36. The molecule has 0 aliphatic carbocycles. The van der Waals surface area contributed by atoms with Crippen molar-refractivity contribution < 1.29 is 27.2 Å². The Labute approximate surface area is 220 Å². The van der Waals surface area contributed by atoms with Gasteiger partial charge in [0.1, 0.15) is 11.5 Å². The summed E-state index contributed by atoms with van der Waals surface area (Å²) < 4.78 is 37.4. The topological polar surface area (TPSA) is 118 Å². The van der Waals surface area contributed by atoms with E-state index in [9.17, 15) is 18.0 Å². The quantitative estimate of drug-likeness (QED) is 0.190. The van der Waals surface area contributed by atoms with Gasteiger partial charge in [0.15, 0.2) is 0 Å². The van der Waals surface area contributed by atoms with Crippen molar-refractivity contribution in [2.45, 2.75) is 11.8 Å². The summed E-state index contributed by atoms with van der Waals surface area (Å²) in [6.45, 7) is 2.05. The molecule has 1 heterocycles. The van der Waals surface area contributed by atoms with E-state index in [0.29, 0.717) is 34.9 Å². The minimum absolute atomic E-state index is 0.174. The molecule has 0 aliphatic rings. The fourth-order valence-corrected chi connectivity index (χ4v) is 4.71. The van der Waals surface area contributed by atoms with Crippen molar-refractivity contribution in [1.29, 1.82) is 0 Å². The van der Waals surface area contributed by atoms with Crippen LogP contribution >= 0.6 is 0 Å². The molecule has 0 bridgehead atoms. The Morgan fingerprint density at radius 2 is 1.58 bits per heavy atom. The number of ether oxygens (including phenoxy) is 1. The molecular formula is C28H25N3O6S. The predicted molar refractivity (Wildman–Crippen MR) is 144 cm³/mol. The Kier molecular flexibility index (Phi) is 8.03. The molecule has 0 atom stereocenters. The molecule has 0 saturated heterocycles. The first-order chi connectivity index (χ1) is 18.3. The van der Waals surface area contributed by atoms with Crippen molar-refractivity contribution >= 4 is 33.8 Å². The maximum atomic E-state index is 12.8. The smallest absolute Gasteiger partial charge is 0.338 e. The van der Waals surface area contributed by atoms with Crippen LogP contribution in [0.15, 0.2) is 105 Å². The van der Waals surface area contributed by atoms with E-state index in [1.54, 1.807) is 73.7 Å². The van der Waals surface area contributed by atoms with Crippen molar-refractivity contribution in [1.82, 2.24) is 5.43 Å². The second kappa shape index (κ2) is 11.6. The third kappa shape index (κ3) is 5.98. The van der Waals surface area contributed by atoms with Gasteiger partial charge >= 0.3 is 5.97 Å². The molecule has 0 aliphatic heterocycles. The van der Waals surface area contributed by atoms with E-state index >= 15 is 0 Å².